The molecule has 4 heteroatoms. The van der Waals surface area contributed by atoms with Crippen molar-refractivity contribution in [2.75, 3.05) is 0 Å². The van der Waals surface area contributed by atoms with E-state index in [1.54, 1.807) is 11.3 Å². The molecule has 0 bridgehead atoms. The molecule has 0 atom stereocenters. The van der Waals surface area contributed by atoms with Gasteiger partial charge in [0.1, 0.15) is 0 Å². The first-order chi connectivity index (χ1) is 13.9. The van der Waals surface area contributed by atoms with E-state index in [9.17, 15) is 0 Å². The second kappa shape index (κ2) is 6.01. The molecule has 132 valence electrons. The number of hydrogen-bond donors (Lipinski definition) is 0. The Balaban J connectivity index is 1.66. The summed E-state index contributed by atoms with van der Waals surface area (Å²) in [7, 11) is 0. The molecule has 0 amide bonds. The van der Waals surface area contributed by atoms with Crippen molar-refractivity contribution in [2.45, 2.75) is 0 Å². The van der Waals surface area contributed by atoms with Crippen LogP contribution in [0.3, 0.4) is 0 Å². The summed E-state index contributed by atoms with van der Waals surface area (Å²) in [5, 5.41) is 5.90. The predicted octanol–water partition coefficient (Wildman–Crippen LogP) is 6.46. The van der Waals surface area contributed by atoms with Gasteiger partial charge in [0.2, 0.25) is 0 Å². The molecule has 3 heterocycles. The average molecular weight is 377 g/mol. The lowest BCUT2D eigenvalue weighted by atomic mass is 10.1. The molecule has 6 rings (SSSR count). The summed E-state index contributed by atoms with van der Waals surface area (Å²) in [5.41, 5.74) is 4.31. The third kappa shape index (κ3) is 2.22. The SMILES string of the molecule is c1ccc(-c2cnc(-n3c4ccccc4c4ccc5ccsc5c43)cn2)cc1. The van der Waals surface area contributed by atoms with E-state index in [4.69, 9.17) is 9.97 Å². The van der Waals surface area contributed by atoms with Gasteiger partial charge in [0.05, 0.1) is 33.8 Å². The fourth-order valence-corrected chi connectivity index (χ4v) is 4.84. The fourth-order valence-electron chi connectivity index (χ4n) is 3.91. The molecule has 3 nitrogen and oxygen atoms in total. The average Bonchev–Trinajstić information content (AvgIpc) is 3.37. The lowest BCUT2D eigenvalue weighted by Crippen LogP contribution is -1.99. The van der Waals surface area contributed by atoms with Gasteiger partial charge in [-0.05, 0) is 22.9 Å². The second-order valence-electron chi connectivity index (χ2n) is 6.78. The molecule has 0 saturated carbocycles. The first kappa shape index (κ1) is 15.5. The number of thiophene rings is 1. The van der Waals surface area contributed by atoms with Gasteiger partial charge in [-0.3, -0.25) is 9.55 Å². The molecular formula is C24H15N3S. The van der Waals surface area contributed by atoms with Crippen LogP contribution < -0.4 is 0 Å². The van der Waals surface area contributed by atoms with Crippen LogP contribution in [0.1, 0.15) is 0 Å². The highest BCUT2D eigenvalue weighted by molar-refractivity contribution is 7.18. The third-order valence-corrected chi connectivity index (χ3v) is 6.13. The van der Waals surface area contributed by atoms with Gasteiger partial charge in [0, 0.05) is 16.3 Å². The zero-order chi connectivity index (χ0) is 18.5. The minimum absolute atomic E-state index is 0.840. The normalized spacial score (nSPS) is 11.6. The molecule has 6 aromatic rings. The molecule has 28 heavy (non-hydrogen) atoms. The summed E-state index contributed by atoms with van der Waals surface area (Å²) >= 11 is 1.77. The van der Waals surface area contributed by atoms with Crippen LogP contribution in [0.4, 0.5) is 0 Å². The van der Waals surface area contributed by atoms with E-state index in [2.05, 4.69) is 64.5 Å². The van der Waals surface area contributed by atoms with Crippen LogP contribution >= 0.6 is 11.3 Å². The Morgan fingerprint density at radius 3 is 2.43 bits per heavy atom. The quantitative estimate of drug-likeness (QED) is 0.347. The van der Waals surface area contributed by atoms with E-state index in [1.807, 2.05) is 30.6 Å². The summed E-state index contributed by atoms with van der Waals surface area (Å²) < 4.78 is 3.52. The van der Waals surface area contributed by atoms with Crippen LogP contribution in [-0.4, -0.2) is 14.5 Å². The van der Waals surface area contributed by atoms with E-state index in [1.165, 1.54) is 26.4 Å². The van der Waals surface area contributed by atoms with Gasteiger partial charge in [-0.2, -0.15) is 0 Å². The van der Waals surface area contributed by atoms with E-state index in [-0.39, 0.29) is 0 Å². The largest absolute Gasteiger partial charge is 0.291 e. The molecule has 0 aliphatic carbocycles. The molecule has 3 aromatic heterocycles. The van der Waals surface area contributed by atoms with E-state index < -0.39 is 0 Å². The lowest BCUT2D eigenvalue weighted by molar-refractivity contribution is 1.05. The Morgan fingerprint density at radius 1 is 0.714 bits per heavy atom. The molecule has 0 saturated heterocycles. The zero-order valence-corrected chi connectivity index (χ0v) is 15.7. The molecular weight excluding hydrogens is 362 g/mol. The maximum Gasteiger partial charge on any atom is 0.156 e. The number of rotatable bonds is 2. The highest BCUT2D eigenvalue weighted by atomic mass is 32.1. The van der Waals surface area contributed by atoms with Gasteiger partial charge in [-0.1, -0.05) is 60.7 Å². The molecule has 3 aromatic carbocycles. The highest BCUT2D eigenvalue weighted by Gasteiger charge is 2.16. The molecule has 0 spiro atoms. The van der Waals surface area contributed by atoms with Crippen LogP contribution in [0.15, 0.2) is 90.6 Å². The monoisotopic (exact) mass is 377 g/mol. The van der Waals surface area contributed by atoms with E-state index in [0.717, 1.165) is 22.6 Å². The topological polar surface area (TPSA) is 30.7 Å². The van der Waals surface area contributed by atoms with Crippen LogP contribution in [0, 0.1) is 0 Å². The number of fused-ring (bicyclic) bond motifs is 5. The lowest BCUT2D eigenvalue weighted by Gasteiger charge is -2.08. The maximum atomic E-state index is 4.79. The van der Waals surface area contributed by atoms with Gasteiger partial charge in [0.15, 0.2) is 5.82 Å². The number of benzene rings is 3. The van der Waals surface area contributed by atoms with Crippen molar-refractivity contribution in [3.05, 3.63) is 90.6 Å². The number of hydrogen-bond acceptors (Lipinski definition) is 3. The Morgan fingerprint density at radius 2 is 1.57 bits per heavy atom. The highest BCUT2D eigenvalue weighted by Crippen LogP contribution is 2.38. The predicted molar refractivity (Wildman–Crippen MR) is 117 cm³/mol. The minimum atomic E-state index is 0.840. The van der Waals surface area contributed by atoms with Gasteiger partial charge in [0.25, 0.3) is 0 Å². The maximum absolute atomic E-state index is 4.79. The smallest absolute Gasteiger partial charge is 0.156 e. The summed E-state index contributed by atoms with van der Waals surface area (Å²) in [5.74, 6) is 0.840. The Kier molecular flexibility index (Phi) is 3.34. The summed E-state index contributed by atoms with van der Waals surface area (Å²) in [6.07, 6.45) is 3.74. The first-order valence-electron chi connectivity index (χ1n) is 9.17. The van der Waals surface area contributed by atoms with Gasteiger partial charge in [-0.25, -0.2) is 4.98 Å². The van der Waals surface area contributed by atoms with Crippen LogP contribution in [-0.2, 0) is 0 Å². The van der Waals surface area contributed by atoms with Crippen molar-refractivity contribution < 1.29 is 0 Å². The molecule has 0 fully saturated rings. The van der Waals surface area contributed by atoms with E-state index >= 15 is 0 Å². The Hall–Kier alpha value is -3.50. The Bertz CT molecular complexity index is 1440. The minimum Gasteiger partial charge on any atom is -0.291 e. The molecule has 0 aliphatic rings. The molecule has 0 aliphatic heterocycles. The number of nitrogens with zero attached hydrogens (tertiary/aromatic N) is 3. The van der Waals surface area contributed by atoms with Gasteiger partial charge < -0.3 is 0 Å². The number of para-hydroxylation sites is 1. The van der Waals surface area contributed by atoms with Crippen molar-refractivity contribution in [2.24, 2.45) is 0 Å². The van der Waals surface area contributed by atoms with Crippen molar-refractivity contribution in [3.63, 3.8) is 0 Å². The summed E-state index contributed by atoms with van der Waals surface area (Å²) in [4.78, 5) is 9.50. The van der Waals surface area contributed by atoms with Crippen LogP contribution in [0.2, 0.25) is 0 Å². The van der Waals surface area contributed by atoms with Crippen molar-refractivity contribution in [1.29, 1.82) is 0 Å². The van der Waals surface area contributed by atoms with Gasteiger partial charge in [-0.15, -0.1) is 11.3 Å². The first-order valence-corrected chi connectivity index (χ1v) is 10.1. The zero-order valence-electron chi connectivity index (χ0n) is 14.9. The van der Waals surface area contributed by atoms with Crippen molar-refractivity contribution >= 4 is 43.2 Å². The third-order valence-electron chi connectivity index (χ3n) is 5.19. The summed E-state index contributed by atoms with van der Waals surface area (Å²) in [6.45, 7) is 0. The fraction of sp³-hybridized carbons (Fsp3) is 0. The molecule has 0 unspecified atom stereocenters. The van der Waals surface area contributed by atoms with Crippen molar-refractivity contribution in [1.82, 2.24) is 14.5 Å². The molecule has 0 radical (unpaired) electrons. The Labute approximate surface area is 165 Å². The van der Waals surface area contributed by atoms with Gasteiger partial charge >= 0.3 is 0 Å². The summed E-state index contributed by atoms with van der Waals surface area (Å²) in [6, 6.07) is 25.3. The standard InChI is InChI=1S/C24H15N3S/c1-2-6-16(7-3-1)20-14-26-22(15-25-20)27-21-9-5-4-8-18(21)19-11-10-17-12-13-28-24(17)23(19)27/h1-15H. The second-order valence-corrected chi connectivity index (χ2v) is 7.70. The van der Waals surface area contributed by atoms with Crippen LogP contribution in [0.25, 0.3) is 49.0 Å². The molecule has 0 N–H and O–H groups in total. The number of aromatic nitrogens is 3. The van der Waals surface area contributed by atoms with E-state index in [0.29, 0.717) is 0 Å². The van der Waals surface area contributed by atoms with Crippen LogP contribution in [0.5, 0.6) is 0 Å². The van der Waals surface area contributed by atoms with Crippen molar-refractivity contribution in [3.8, 4) is 17.1 Å².